The second-order valence-electron chi connectivity index (χ2n) is 5.82. The number of carbonyl (C=O) groups excluding carboxylic acids is 1. The monoisotopic (exact) mass is 356 g/mol. The van der Waals surface area contributed by atoms with Crippen LogP contribution in [0.5, 0.6) is 11.5 Å². The van der Waals surface area contributed by atoms with Gasteiger partial charge in [0.1, 0.15) is 0 Å². The zero-order valence-corrected chi connectivity index (χ0v) is 15.8. The molecule has 5 heteroatoms. The van der Waals surface area contributed by atoms with E-state index in [1.165, 1.54) is 5.69 Å². The summed E-state index contributed by atoms with van der Waals surface area (Å²) in [6, 6.07) is 15.5. The lowest BCUT2D eigenvalue weighted by atomic mass is 10.2. The Morgan fingerprint density at radius 1 is 1.08 bits per heavy atom. The summed E-state index contributed by atoms with van der Waals surface area (Å²) in [7, 11) is 1.59. The summed E-state index contributed by atoms with van der Waals surface area (Å²) in [4.78, 5) is 14.7. The highest BCUT2D eigenvalue weighted by molar-refractivity contribution is 5.94. The topological polar surface area (TPSA) is 50.8 Å². The number of hydrogen-bond acceptors (Lipinski definition) is 4. The number of methoxy groups -OCH3 is 1. The molecule has 0 saturated heterocycles. The van der Waals surface area contributed by atoms with Crippen molar-refractivity contribution in [3.05, 3.63) is 54.1 Å². The molecule has 0 saturated carbocycles. The van der Waals surface area contributed by atoms with Crippen LogP contribution < -0.4 is 19.7 Å². The van der Waals surface area contributed by atoms with Crippen molar-refractivity contribution in [1.29, 1.82) is 0 Å². The molecule has 1 amide bonds. The van der Waals surface area contributed by atoms with Crippen LogP contribution in [0, 0.1) is 0 Å². The SMILES string of the molecule is CCOc1cc(C(=O)NCCCN(CC)c2ccccc2)ccc1OC. The number of hydrogen-bond donors (Lipinski definition) is 1. The smallest absolute Gasteiger partial charge is 0.251 e. The van der Waals surface area contributed by atoms with Gasteiger partial charge in [0.05, 0.1) is 13.7 Å². The normalized spacial score (nSPS) is 10.3. The third-order valence-corrected chi connectivity index (χ3v) is 4.12. The van der Waals surface area contributed by atoms with Crippen molar-refractivity contribution < 1.29 is 14.3 Å². The largest absolute Gasteiger partial charge is 0.493 e. The lowest BCUT2D eigenvalue weighted by molar-refractivity contribution is 0.0953. The van der Waals surface area contributed by atoms with Crippen molar-refractivity contribution in [3.63, 3.8) is 0 Å². The fourth-order valence-electron chi connectivity index (χ4n) is 2.77. The third-order valence-electron chi connectivity index (χ3n) is 4.12. The standard InChI is InChI=1S/C21H28N2O3/c1-4-23(18-10-7-6-8-11-18)15-9-14-22-21(24)17-12-13-19(25-3)20(16-17)26-5-2/h6-8,10-13,16H,4-5,9,14-15H2,1-3H3,(H,22,24). The van der Waals surface area contributed by atoms with Crippen molar-refractivity contribution in [2.45, 2.75) is 20.3 Å². The lowest BCUT2D eigenvalue weighted by Crippen LogP contribution is -2.30. The Morgan fingerprint density at radius 3 is 2.50 bits per heavy atom. The van der Waals surface area contributed by atoms with E-state index < -0.39 is 0 Å². The Morgan fingerprint density at radius 2 is 1.85 bits per heavy atom. The zero-order valence-electron chi connectivity index (χ0n) is 15.8. The molecule has 0 aliphatic heterocycles. The van der Waals surface area contributed by atoms with Crippen LogP contribution in [0.3, 0.4) is 0 Å². The molecule has 5 nitrogen and oxygen atoms in total. The van der Waals surface area contributed by atoms with E-state index in [1.54, 1.807) is 25.3 Å². The number of nitrogens with zero attached hydrogens (tertiary/aromatic N) is 1. The van der Waals surface area contributed by atoms with E-state index in [4.69, 9.17) is 9.47 Å². The zero-order chi connectivity index (χ0) is 18.8. The summed E-state index contributed by atoms with van der Waals surface area (Å²) in [6.45, 7) is 7.02. The summed E-state index contributed by atoms with van der Waals surface area (Å²) >= 11 is 0. The molecule has 1 N–H and O–H groups in total. The predicted molar refractivity (Wildman–Crippen MR) is 105 cm³/mol. The van der Waals surface area contributed by atoms with Crippen molar-refractivity contribution in [2.24, 2.45) is 0 Å². The van der Waals surface area contributed by atoms with Gasteiger partial charge >= 0.3 is 0 Å². The first-order valence-electron chi connectivity index (χ1n) is 9.08. The number of ether oxygens (including phenoxy) is 2. The number of nitrogens with one attached hydrogen (secondary N) is 1. The van der Waals surface area contributed by atoms with Gasteiger partial charge in [-0.2, -0.15) is 0 Å². The number of rotatable bonds is 10. The van der Waals surface area contributed by atoms with E-state index in [0.29, 0.717) is 30.2 Å². The molecule has 26 heavy (non-hydrogen) atoms. The molecule has 0 bridgehead atoms. The van der Waals surface area contributed by atoms with Gasteiger partial charge in [-0.1, -0.05) is 18.2 Å². The average Bonchev–Trinajstić information content (AvgIpc) is 2.68. The quantitative estimate of drug-likeness (QED) is 0.659. The van der Waals surface area contributed by atoms with Gasteiger partial charge < -0.3 is 19.7 Å². The first-order valence-corrected chi connectivity index (χ1v) is 9.08. The lowest BCUT2D eigenvalue weighted by Gasteiger charge is -2.23. The number of para-hydroxylation sites is 1. The number of amides is 1. The average molecular weight is 356 g/mol. The van der Waals surface area contributed by atoms with Crippen LogP contribution >= 0.6 is 0 Å². The van der Waals surface area contributed by atoms with Crippen molar-refractivity contribution >= 4 is 11.6 Å². The number of benzene rings is 2. The van der Waals surface area contributed by atoms with Crippen LogP contribution in [0.15, 0.2) is 48.5 Å². The summed E-state index contributed by atoms with van der Waals surface area (Å²) in [6.07, 6.45) is 0.878. The Kier molecular flexibility index (Phi) is 7.80. The van der Waals surface area contributed by atoms with Crippen molar-refractivity contribution in [1.82, 2.24) is 5.32 Å². The van der Waals surface area contributed by atoms with Crippen LogP contribution in [0.2, 0.25) is 0 Å². The molecule has 0 radical (unpaired) electrons. The van der Waals surface area contributed by atoms with Gasteiger partial charge in [0.25, 0.3) is 5.91 Å². The van der Waals surface area contributed by atoms with E-state index in [9.17, 15) is 4.79 Å². The Bertz CT molecular complexity index is 689. The molecule has 2 rings (SSSR count). The van der Waals surface area contributed by atoms with Gasteiger partial charge in [-0.05, 0) is 50.6 Å². The first-order chi connectivity index (χ1) is 12.7. The third kappa shape index (κ3) is 5.41. The summed E-state index contributed by atoms with van der Waals surface area (Å²) < 4.78 is 10.8. The molecule has 0 unspecified atom stereocenters. The minimum atomic E-state index is -0.101. The highest BCUT2D eigenvalue weighted by Crippen LogP contribution is 2.28. The maximum absolute atomic E-state index is 12.4. The predicted octanol–water partition coefficient (Wildman–Crippen LogP) is 3.74. The maximum Gasteiger partial charge on any atom is 0.251 e. The molecule has 0 aromatic heterocycles. The molecule has 0 aliphatic carbocycles. The molecule has 140 valence electrons. The van der Waals surface area contributed by atoms with E-state index in [0.717, 1.165) is 19.5 Å². The molecule has 2 aromatic rings. The molecule has 0 spiro atoms. The van der Waals surface area contributed by atoms with E-state index in [-0.39, 0.29) is 5.91 Å². The van der Waals surface area contributed by atoms with Crippen LogP contribution in [0.4, 0.5) is 5.69 Å². The van der Waals surface area contributed by atoms with Crippen molar-refractivity contribution in [3.8, 4) is 11.5 Å². The fourth-order valence-corrected chi connectivity index (χ4v) is 2.77. The number of carbonyl (C=O) groups is 1. The molecule has 0 heterocycles. The number of anilines is 1. The van der Waals surface area contributed by atoms with Crippen LogP contribution in [-0.4, -0.2) is 39.3 Å². The van der Waals surface area contributed by atoms with Crippen molar-refractivity contribution in [2.75, 3.05) is 38.3 Å². The van der Waals surface area contributed by atoms with E-state index in [2.05, 4.69) is 29.3 Å². The molecule has 0 aliphatic rings. The molecule has 2 aromatic carbocycles. The van der Waals surface area contributed by atoms with Gasteiger partial charge in [-0.25, -0.2) is 0 Å². The van der Waals surface area contributed by atoms with Gasteiger partial charge in [-0.15, -0.1) is 0 Å². The minimum absolute atomic E-state index is 0.101. The minimum Gasteiger partial charge on any atom is -0.493 e. The summed E-state index contributed by atoms with van der Waals surface area (Å²) in [5.74, 6) is 1.12. The van der Waals surface area contributed by atoms with Gasteiger partial charge in [0.15, 0.2) is 11.5 Å². The Balaban J connectivity index is 1.85. The molecular weight excluding hydrogens is 328 g/mol. The second kappa shape index (κ2) is 10.3. The van der Waals surface area contributed by atoms with Gasteiger partial charge in [0.2, 0.25) is 0 Å². The van der Waals surface area contributed by atoms with E-state index in [1.807, 2.05) is 25.1 Å². The molecule has 0 fully saturated rings. The summed E-state index contributed by atoms with van der Waals surface area (Å²) in [5, 5.41) is 2.97. The second-order valence-corrected chi connectivity index (χ2v) is 5.82. The van der Waals surface area contributed by atoms with Gasteiger partial charge in [-0.3, -0.25) is 4.79 Å². The Hall–Kier alpha value is -2.69. The Labute approximate surface area is 155 Å². The molecular formula is C21H28N2O3. The first kappa shape index (κ1) is 19.6. The van der Waals surface area contributed by atoms with Crippen LogP contribution in [-0.2, 0) is 0 Å². The fraction of sp³-hybridized carbons (Fsp3) is 0.381. The van der Waals surface area contributed by atoms with Crippen LogP contribution in [0.1, 0.15) is 30.6 Å². The van der Waals surface area contributed by atoms with Gasteiger partial charge in [0, 0.05) is 30.9 Å². The van der Waals surface area contributed by atoms with Crippen LogP contribution in [0.25, 0.3) is 0 Å². The highest BCUT2D eigenvalue weighted by atomic mass is 16.5. The molecule has 0 atom stereocenters. The highest BCUT2D eigenvalue weighted by Gasteiger charge is 2.11. The van der Waals surface area contributed by atoms with E-state index >= 15 is 0 Å². The maximum atomic E-state index is 12.4. The summed E-state index contributed by atoms with van der Waals surface area (Å²) in [5.41, 5.74) is 1.78.